The predicted octanol–water partition coefficient (Wildman–Crippen LogP) is 3.95. The van der Waals surface area contributed by atoms with Gasteiger partial charge in [-0.05, 0) is 40.6 Å². The van der Waals surface area contributed by atoms with E-state index >= 15 is 0 Å². The van der Waals surface area contributed by atoms with Crippen LogP contribution >= 0.6 is 0 Å². The smallest absolute Gasteiger partial charge is 0.182 e. The highest BCUT2D eigenvalue weighted by molar-refractivity contribution is 7.90. The molecular formula is C17H13FO2S. The topological polar surface area (TPSA) is 34.1 Å². The summed E-state index contributed by atoms with van der Waals surface area (Å²) in [5.41, 5.74) is 0.447. The first-order valence-electron chi connectivity index (χ1n) is 6.51. The van der Waals surface area contributed by atoms with Crippen LogP contribution in [0.25, 0.3) is 10.8 Å². The Morgan fingerprint density at radius 2 is 1.57 bits per heavy atom. The van der Waals surface area contributed by atoms with E-state index in [0.29, 0.717) is 5.56 Å². The van der Waals surface area contributed by atoms with Crippen LogP contribution in [0.1, 0.15) is 5.56 Å². The molecule has 21 heavy (non-hydrogen) atoms. The van der Waals surface area contributed by atoms with Gasteiger partial charge in [-0.25, -0.2) is 12.8 Å². The van der Waals surface area contributed by atoms with Crippen LogP contribution in [-0.2, 0) is 15.6 Å². The molecule has 3 rings (SSSR count). The van der Waals surface area contributed by atoms with Crippen LogP contribution in [0.15, 0.2) is 71.6 Å². The summed E-state index contributed by atoms with van der Waals surface area (Å²) in [5, 5.41) is 1.86. The molecule has 0 radical (unpaired) electrons. The van der Waals surface area contributed by atoms with Gasteiger partial charge < -0.3 is 0 Å². The van der Waals surface area contributed by atoms with Gasteiger partial charge in [-0.15, -0.1) is 0 Å². The van der Waals surface area contributed by atoms with E-state index in [1.807, 2.05) is 24.3 Å². The molecule has 0 aromatic heterocycles. The van der Waals surface area contributed by atoms with Crippen LogP contribution in [0, 0.1) is 5.82 Å². The molecule has 106 valence electrons. The van der Waals surface area contributed by atoms with Crippen molar-refractivity contribution in [3.63, 3.8) is 0 Å². The highest BCUT2D eigenvalue weighted by Gasteiger charge is 2.16. The minimum absolute atomic E-state index is 0.205. The standard InChI is InChI=1S/C17H13FO2S/c18-16-7-3-4-13(10-16)12-21(19,20)17-9-8-14-5-1-2-6-15(14)11-17/h1-11H,12H2. The van der Waals surface area contributed by atoms with Crippen LogP contribution in [0.4, 0.5) is 4.39 Å². The minimum atomic E-state index is -3.49. The summed E-state index contributed by atoms with van der Waals surface area (Å²) in [7, 11) is -3.49. The van der Waals surface area contributed by atoms with E-state index < -0.39 is 15.7 Å². The zero-order chi connectivity index (χ0) is 14.9. The Bertz CT molecular complexity index is 901. The SMILES string of the molecule is O=S(=O)(Cc1cccc(F)c1)c1ccc2ccccc2c1. The Kier molecular flexibility index (Phi) is 3.47. The van der Waals surface area contributed by atoms with Crippen molar-refractivity contribution in [1.29, 1.82) is 0 Å². The molecule has 0 fully saturated rings. The Labute approximate surface area is 122 Å². The number of hydrogen-bond donors (Lipinski definition) is 0. The first-order valence-corrected chi connectivity index (χ1v) is 8.16. The molecule has 0 saturated heterocycles. The molecule has 0 aliphatic carbocycles. The highest BCUT2D eigenvalue weighted by atomic mass is 32.2. The largest absolute Gasteiger partial charge is 0.223 e. The second-order valence-electron chi connectivity index (χ2n) is 4.90. The molecule has 0 N–H and O–H groups in total. The lowest BCUT2D eigenvalue weighted by atomic mass is 10.1. The third-order valence-corrected chi connectivity index (χ3v) is 5.01. The third-order valence-electron chi connectivity index (χ3n) is 3.33. The van der Waals surface area contributed by atoms with Crippen LogP contribution in [0.5, 0.6) is 0 Å². The summed E-state index contributed by atoms with van der Waals surface area (Å²) in [5.74, 6) is -0.635. The van der Waals surface area contributed by atoms with Crippen molar-refractivity contribution in [3.8, 4) is 0 Å². The molecule has 0 saturated carbocycles. The van der Waals surface area contributed by atoms with Crippen molar-refractivity contribution in [2.45, 2.75) is 10.6 Å². The molecule has 0 heterocycles. The molecule has 0 aliphatic heterocycles. The normalized spacial score (nSPS) is 11.7. The summed E-state index contributed by atoms with van der Waals surface area (Å²) >= 11 is 0. The van der Waals surface area contributed by atoms with Gasteiger partial charge in [-0.3, -0.25) is 0 Å². The lowest BCUT2D eigenvalue weighted by Gasteiger charge is -2.06. The zero-order valence-corrected chi connectivity index (χ0v) is 12.0. The Balaban J connectivity index is 2.00. The molecule has 3 aromatic carbocycles. The average molecular weight is 300 g/mol. The lowest BCUT2D eigenvalue weighted by Crippen LogP contribution is -2.05. The van der Waals surface area contributed by atoms with Crippen molar-refractivity contribution in [2.24, 2.45) is 0 Å². The molecule has 0 atom stereocenters. The Morgan fingerprint density at radius 3 is 2.33 bits per heavy atom. The van der Waals surface area contributed by atoms with Crippen molar-refractivity contribution in [3.05, 3.63) is 78.1 Å². The lowest BCUT2D eigenvalue weighted by molar-refractivity contribution is 0.595. The summed E-state index contributed by atoms with van der Waals surface area (Å²) in [4.78, 5) is 0.255. The minimum Gasteiger partial charge on any atom is -0.223 e. The Morgan fingerprint density at radius 1 is 0.810 bits per heavy atom. The van der Waals surface area contributed by atoms with Crippen LogP contribution in [0.3, 0.4) is 0 Å². The van der Waals surface area contributed by atoms with Crippen molar-refractivity contribution in [1.82, 2.24) is 0 Å². The molecule has 4 heteroatoms. The fraction of sp³-hybridized carbons (Fsp3) is 0.0588. The number of hydrogen-bond acceptors (Lipinski definition) is 2. The molecule has 0 spiro atoms. The van der Waals surface area contributed by atoms with E-state index in [0.717, 1.165) is 10.8 Å². The van der Waals surface area contributed by atoms with Crippen LogP contribution < -0.4 is 0 Å². The maximum Gasteiger partial charge on any atom is 0.182 e. The zero-order valence-electron chi connectivity index (χ0n) is 11.2. The number of benzene rings is 3. The number of fused-ring (bicyclic) bond motifs is 1. The van der Waals surface area contributed by atoms with Crippen LogP contribution in [0.2, 0.25) is 0 Å². The van der Waals surface area contributed by atoms with Gasteiger partial charge in [0.15, 0.2) is 9.84 Å². The first kappa shape index (κ1) is 13.8. The number of rotatable bonds is 3. The van der Waals surface area contributed by atoms with Crippen LogP contribution in [-0.4, -0.2) is 8.42 Å². The van der Waals surface area contributed by atoms with E-state index in [4.69, 9.17) is 0 Å². The summed E-state index contributed by atoms with van der Waals surface area (Å²) in [6, 6.07) is 18.3. The molecule has 0 bridgehead atoms. The Hall–Kier alpha value is -2.20. The first-order chi connectivity index (χ1) is 10.0. The third kappa shape index (κ3) is 2.95. The fourth-order valence-corrected chi connectivity index (χ4v) is 3.66. The summed E-state index contributed by atoms with van der Waals surface area (Å²) < 4.78 is 38.0. The second-order valence-corrected chi connectivity index (χ2v) is 6.89. The number of halogens is 1. The van der Waals surface area contributed by atoms with Gasteiger partial charge >= 0.3 is 0 Å². The van der Waals surface area contributed by atoms with E-state index in [2.05, 4.69) is 0 Å². The average Bonchev–Trinajstić information content (AvgIpc) is 2.46. The molecule has 3 aromatic rings. The molecule has 0 aliphatic rings. The van der Waals surface area contributed by atoms with E-state index in [1.54, 1.807) is 24.3 Å². The second kappa shape index (κ2) is 5.30. The van der Waals surface area contributed by atoms with Gasteiger partial charge in [0.25, 0.3) is 0 Å². The fourth-order valence-electron chi connectivity index (χ4n) is 2.29. The van der Waals surface area contributed by atoms with Gasteiger partial charge in [0.2, 0.25) is 0 Å². The monoisotopic (exact) mass is 300 g/mol. The molecule has 0 amide bonds. The van der Waals surface area contributed by atoms with Gasteiger partial charge in [-0.2, -0.15) is 0 Å². The molecular weight excluding hydrogens is 287 g/mol. The van der Waals surface area contributed by atoms with Gasteiger partial charge in [0.1, 0.15) is 5.82 Å². The van der Waals surface area contributed by atoms with Gasteiger partial charge in [0.05, 0.1) is 10.6 Å². The van der Waals surface area contributed by atoms with Crippen molar-refractivity contribution in [2.75, 3.05) is 0 Å². The van der Waals surface area contributed by atoms with Crippen molar-refractivity contribution < 1.29 is 12.8 Å². The molecule has 0 unspecified atom stereocenters. The summed E-state index contributed by atoms with van der Waals surface area (Å²) in [6.07, 6.45) is 0. The summed E-state index contributed by atoms with van der Waals surface area (Å²) in [6.45, 7) is 0. The highest BCUT2D eigenvalue weighted by Crippen LogP contribution is 2.22. The number of sulfone groups is 1. The van der Waals surface area contributed by atoms with Gasteiger partial charge in [-0.1, -0.05) is 42.5 Å². The maximum absolute atomic E-state index is 13.2. The quantitative estimate of drug-likeness (QED) is 0.734. The molecule has 2 nitrogen and oxygen atoms in total. The van der Waals surface area contributed by atoms with Gasteiger partial charge in [0, 0.05) is 0 Å². The maximum atomic E-state index is 13.2. The van der Waals surface area contributed by atoms with E-state index in [-0.39, 0.29) is 10.6 Å². The van der Waals surface area contributed by atoms with Crippen molar-refractivity contribution >= 4 is 20.6 Å². The van der Waals surface area contributed by atoms with E-state index in [9.17, 15) is 12.8 Å². The predicted molar refractivity (Wildman–Crippen MR) is 81.2 cm³/mol. The van der Waals surface area contributed by atoms with E-state index in [1.165, 1.54) is 18.2 Å².